The number of rotatable bonds is 6. The lowest BCUT2D eigenvalue weighted by Crippen LogP contribution is -2.47. The minimum absolute atomic E-state index is 0.199. The smallest absolute Gasteiger partial charge is 0.136 e. The molecule has 0 amide bonds. The number of fused-ring (bicyclic) bond motifs is 3. The minimum Gasteiger partial charge on any atom is -0.375 e. The van der Waals surface area contributed by atoms with Gasteiger partial charge in [-0.25, -0.2) is 4.98 Å². The summed E-state index contributed by atoms with van der Waals surface area (Å²) >= 11 is 0. The molecule has 1 fully saturated rings. The van der Waals surface area contributed by atoms with Crippen LogP contribution in [-0.4, -0.2) is 36.1 Å². The van der Waals surface area contributed by atoms with Gasteiger partial charge in [-0.15, -0.1) is 0 Å². The van der Waals surface area contributed by atoms with Gasteiger partial charge in [0.2, 0.25) is 0 Å². The zero-order valence-electron chi connectivity index (χ0n) is 19.6. The molecule has 3 N–H and O–H groups in total. The fourth-order valence-corrected chi connectivity index (χ4v) is 4.82. The maximum absolute atomic E-state index is 5.45. The van der Waals surface area contributed by atoms with Crippen molar-refractivity contribution in [3.05, 3.63) is 72.2 Å². The van der Waals surface area contributed by atoms with Gasteiger partial charge in [0.25, 0.3) is 0 Å². The summed E-state index contributed by atoms with van der Waals surface area (Å²) in [6.45, 7) is 6.61. The van der Waals surface area contributed by atoms with Crippen LogP contribution in [0.3, 0.4) is 0 Å². The van der Waals surface area contributed by atoms with Crippen molar-refractivity contribution in [3.8, 4) is 22.4 Å². The predicted octanol–water partition coefficient (Wildman–Crippen LogP) is 5.64. The first kappa shape index (κ1) is 21.1. The second-order valence-corrected chi connectivity index (χ2v) is 9.32. The van der Waals surface area contributed by atoms with Gasteiger partial charge < -0.3 is 20.4 Å². The van der Waals surface area contributed by atoms with Crippen LogP contribution in [0.4, 0.5) is 5.69 Å². The molecule has 0 radical (unpaired) electrons. The van der Waals surface area contributed by atoms with Crippen molar-refractivity contribution in [1.29, 1.82) is 0 Å². The van der Waals surface area contributed by atoms with E-state index in [0.29, 0.717) is 13.2 Å². The van der Waals surface area contributed by atoms with Crippen LogP contribution in [0.25, 0.3) is 33.2 Å². The second-order valence-electron chi connectivity index (χ2n) is 9.32. The molecule has 6 nitrogen and oxygen atoms in total. The summed E-state index contributed by atoms with van der Waals surface area (Å²) in [4.78, 5) is 12.7. The number of nitrogens with one attached hydrogen (secondary N) is 3. The number of aromatic amines is 1. The van der Waals surface area contributed by atoms with Crippen molar-refractivity contribution >= 4 is 22.8 Å². The topological polar surface area (TPSA) is 74.3 Å². The highest BCUT2D eigenvalue weighted by atomic mass is 16.5. The average molecular weight is 452 g/mol. The molecule has 3 aromatic carbocycles. The standard InChI is InChI=1S/C28H29N5O/c1-3-10-29-18(2)27-30-14-26(33-27)23-7-6-19-11-20(4-5-21(19)12-23)22-8-9-24-25(13-22)31-17-32-28(24)15-34-16-28/h4-9,11-14,17-18,29H,3,10,15-16H2,1-2H3,(H,30,33)(H,31,32). The Morgan fingerprint density at radius 3 is 2.50 bits per heavy atom. The molecule has 1 aromatic heterocycles. The van der Waals surface area contributed by atoms with E-state index in [-0.39, 0.29) is 11.6 Å². The number of imidazole rings is 1. The van der Waals surface area contributed by atoms with Gasteiger partial charge >= 0.3 is 0 Å². The van der Waals surface area contributed by atoms with E-state index < -0.39 is 0 Å². The van der Waals surface area contributed by atoms with E-state index in [1.54, 1.807) is 6.34 Å². The summed E-state index contributed by atoms with van der Waals surface area (Å²) < 4.78 is 5.45. The molecule has 1 spiro atoms. The Bertz CT molecular complexity index is 1380. The maximum Gasteiger partial charge on any atom is 0.136 e. The van der Waals surface area contributed by atoms with E-state index in [1.807, 2.05) is 6.20 Å². The number of benzene rings is 3. The first-order valence-electron chi connectivity index (χ1n) is 12.0. The van der Waals surface area contributed by atoms with Crippen LogP contribution in [0.15, 0.2) is 65.8 Å². The van der Waals surface area contributed by atoms with Crippen molar-refractivity contribution in [2.75, 3.05) is 25.1 Å². The van der Waals surface area contributed by atoms with Gasteiger partial charge in [0.15, 0.2) is 0 Å². The summed E-state index contributed by atoms with van der Waals surface area (Å²) in [7, 11) is 0. The Kier molecular flexibility index (Phi) is 5.20. The lowest BCUT2D eigenvalue weighted by atomic mass is 9.85. The van der Waals surface area contributed by atoms with Gasteiger partial charge in [0.1, 0.15) is 11.4 Å². The summed E-state index contributed by atoms with van der Waals surface area (Å²) in [6, 6.07) is 20.1. The average Bonchev–Trinajstić information content (AvgIpc) is 3.35. The Balaban J connectivity index is 1.27. The van der Waals surface area contributed by atoms with E-state index in [4.69, 9.17) is 4.74 Å². The lowest BCUT2D eigenvalue weighted by molar-refractivity contribution is -0.0551. The SMILES string of the molecule is CCCNC(C)c1ncc(-c2ccc3cc(-c4ccc5c(c4)NC=NC54COC4)ccc3c2)[nH]1. The number of H-pyrrole nitrogens is 1. The van der Waals surface area contributed by atoms with Gasteiger partial charge in [-0.1, -0.05) is 43.3 Å². The van der Waals surface area contributed by atoms with Crippen molar-refractivity contribution < 1.29 is 4.74 Å². The highest BCUT2D eigenvalue weighted by Gasteiger charge is 2.42. The Hall–Kier alpha value is -3.48. The molecule has 2 aliphatic rings. The molecule has 6 rings (SSSR count). The third-order valence-electron chi connectivity index (χ3n) is 6.93. The highest BCUT2D eigenvalue weighted by molar-refractivity contribution is 5.91. The lowest BCUT2D eigenvalue weighted by Gasteiger charge is -2.41. The largest absolute Gasteiger partial charge is 0.375 e. The molecule has 1 atom stereocenters. The number of anilines is 1. The summed E-state index contributed by atoms with van der Waals surface area (Å²) in [6.07, 6.45) is 4.84. The first-order chi connectivity index (χ1) is 16.6. The zero-order valence-corrected chi connectivity index (χ0v) is 19.6. The third kappa shape index (κ3) is 3.59. The molecular weight excluding hydrogens is 422 g/mol. The van der Waals surface area contributed by atoms with E-state index in [2.05, 4.69) is 94.0 Å². The van der Waals surface area contributed by atoms with Gasteiger partial charge in [-0.2, -0.15) is 0 Å². The molecule has 0 aliphatic carbocycles. The summed E-state index contributed by atoms with van der Waals surface area (Å²) in [5.41, 5.74) is 6.71. The molecule has 4 aromatic rings. The summed E-state index contributed by atoms with van der Waals surface area (Å²) in [5, 5.41) is 9.23. The first-order valence-corrected chi connectivity index (χ1v) is 12.0. The van der Waals surface area contributed by atoms with E-state index in [1.165, 1.54) is 27.5 Å². The molecule has 172 valence electrons. The van der Waals surface area contributed by atoms with Crippen LogP contribution in [0.1, 0.15) is 37.7 Å². The monoisotopic (exact) mass is 451 g/mol. The maximum atomic E-state index is 5.45. The molecule has 1 unspecified atom stereocenters. The van der Waals surface area contributed by atoms with Crippen molar-refractivity contribution in [2.45, 2.75) is 31.8 Å². The van der Waals surface area contributed by atoms with Crippen molar-refractivity contribution in [2.24, 2.45) is 4.99 Å². The van der Waals surface area contributed by atoms with Gasteiger partial charge in [-0.05, 0) is 60.0 Å². The number of aliphatic imine (C=N–C) groups is 1. The molecular formula is C28H29N5O. The van der Waals surface area contributed by atoms with Crippen LogP contribution >= 0.6 is 0 Å². The highest BCUT2D eigenvalue weighted by Crippen LogP contribution is 2.41. The number of ether oxygens (including phenoxy) is 1. The number of hydrogen-bond acceptors (Lipinski definition) is 5. The quantitative estimate of drug-likeness (QED) is 0.355. The van der Waals surface area contributed by atoms with Gasteiger partial charge in [0.05, 0.1) is 37.5 Å². The summed E-state index contributed by atoms with van der Waals surface area (Å²) in [5.74, 6) is 0.972. The van der Waals surface area contributed by atoms with Crippen LogP contribution in [0.5, 0.6) is 0 Å². The molecule has 3 heterocycles. The Morgan fingerprint density at radius 2 is 1.74 bits per heavy atom. The molecule has 0 bridgehead atoms. The Morgan fingerprint density at radius 1 is 1.00 bits per heavy atom. The number of nitrogens with zero attached hydrogens (tertiary/aromatic N) is 2. The van der Waals surface area contributed by atoms with Crippen molar-refractivity contribution in [1.82, 2.24) is 15.3 Å². The van der Waals surface area contributed by atoms with E-state index in [0.717, 1.165) is 35.7 Å². The molecule has 34 heavy (non-hydrogen) atoms. The number of aromatic nitrogens is 2. The second kappa shape index (κ2) is 8.38. The molecule has 2 aliphatic heterocycles. The van der Waals surface area contributed by atoms with Crippen molar-refractivity contribution in [3.63, 3.8) is 0 Å². The van der Waals surface area contributed by atoms with Gasteiger partial charge in [0, 0.05) is 16.8 Å². The minimum atomic E-state index is -0.199. The molecule has 1 saturated heterocycles. The third-order valence-corrected chi connectivity index (χ3v) is 6.93. The molecule has 6 heteroatoms. The fourth-order valence-electron chi connectivity index (χ4n) is 4.82. The fraction of sp³-hybridized carbons (Fsp3) is 0.286. The normalized spacial score (nSPS) is 16.8. The van der Waals surface area contributed by atoms with Gasteiger partial charge in [-0.3, -0.25) is 4.99 Å². The van der Waals surface area contributed by atoms with Crippen LogP contribution < -0.4 is 10.6 Å². The predicted molar refractivity (Wildman–Crippen MR) is 138 cm³/mol. The number of hydrogen-bond donors (Lipinski definition) is 3. The molecule has 0 saturated carbocycles. The zero-order chi connectivity index (χ0) is 23.1. The van der Waals surface area contributed by atoms with Crippen LogP contribution in [0.2, 0.25) is 0 Å². The van der Waals surface area contributed by atoms with E-state index in [9.17, 15) is 0 Å². The van der Waals surface area contributed by atoms with E-state index >= 15 is 0 Å². The van der Waals surface area contributed by atoms with Crippen LogP contribution in [0, 0.1) is 0 Å². The van der Waals surface area contributed by atoms with Crippen LogP contribution in [-0.2, 0) is 10.3 Å². The Labute approximate surface area is 199 Å².